The zero-order chi connectivity index (χ0) is 16.4. The van der Waals surface area contributed by atoms with Crippen molar-refractivity contribution in [1.82, 2.24) is 5.32 Å². The summed E-state index contributed by atoms with van der Waals surface area (Å²) in [7, 11) is -4.44. The third kappa shape index (κ3) is 4.45. The van der Waals surface area contributed by atoms with Crippen molar-refractivity contribution in [3.63, 3.8) is 0 Å². The first kappa shape index (κ1) is 18.0. The van der Waals surface area contributed by atoms with Crippen LogP contribution in [-0.2, 0) is 10.0 Å². The van der Waals surface area contributed by atoms with Crippen molar-refractivity contribution in [2.75, 3.05) is 6.54 Å². The summed E-state index contributed by atoms with van der Waals surface area (Å²) < 4.78 is 50.1. The molecular formula is C12H15BrF2N2O3S. The number of nitrogens with two attached hydrogens (primary N) is 1. The molecule has 0 aliphatic rings. The van der Waals surface area contributed by atoms with Crippen LogP contribution in [0, 0.1) is 17.6 Å². The number of primary sulfonamides is 1. The second-order valence-corrected chi connectivity index (χ2v) is 7.19. The van der Waals surface area contributed by atoms with E-state index in [2.05, 4.69) is 21.2 Å². The van der Waals surface area contributed by atoms with Crippen LogP contribution < -0.4 is 10.5 Å². The normalized spacial score (nSPS) is 11.8. The topological polar surface area (TPSA) is 89.3 Å². The van der Waals surface area contributed by atoms with Crippen molar-refractivity contribution in [2.24, 2.45) is 11.1 Å². The molecule has 0 saturated carbocycles. The minimum absolute atomic E-state index is 0.218. The Kier molecular flexibility index (Phi) is 5.83. The highest BCUT2D eigenvalue weighted by Gasteiger charge is 2.28. The molecule has 0 unspecified atom stereocenters. The van der Waals surface area contributed by atoms with Crippen LogP contribution in [0.5, 0.6) is 0 Å². The molecule has 0 spiro atoms. The molecule has 1 rings (SSSR count). The van der Waals surface area contributed by atoms with Gasteiger partial charge in [-0.2, -0.15) is 0 Å². The molecule has 0 saturated heterocycles. The van der Waals surface area contributed by atoms with Gasteiger partial charge >= 0.3 is 0 Å². The van der Waals surface area contributed by atoms with E-state index in [9.17, 15) is 22.0 Å². The summed E-state index contributed by atoms with van der Waals surface area (Å²) in [5.41, 5.74) is -0.967. The molecule has 0 aliphatic heterocycles. The molecule has 21 heavy (non-hydrogen) atoms. The third-order valence-electron chi connectivity index (χ3n) is 2.65. The first-order valence-corrected chi connectivity index (χ1v) is 8.38. The maximum atomic E-state index is 14.1. The van der Waals surface area contributed by atoms with Crippen molar-refractivity contribution >= 4 is 31.9 Å². The maximum Gasteiger partial charge on any atom is 0.257 e. The van der Waals surface area contributed by atoms with Crippen LogP contribution in [0.2, 0.25) is 0 Å². The summed E-state index contributed by atoms with van der Waals surface area (Å²) in [6, 6.07) is 0.695. The lowest BCUT2D eigenvalue weighted by Crippen LogP contribution is -2.28. The van der Waals surface area contributed by atoms with Gasteiger partial charge in [-0.25, -0.2) is 22.3 Å². The maximum absolute atomic E-state index is 14.1. The molecule has 1 aromatic carbocycles. The number of amides is 1. The molecule has 9 heteroatoms. The molecule has 0 atom stereocenters. The van der Waals surface area contributed by atoms with Crippen molar-refractivity contribution in [1.29, 1.82) is 0 Å². The van der Waals surface area contributed by atoms with Crippen LogP contribution in [0.4, 0.5) is 8.78 Å². The van der Waals surface area contributed by atoms with Crippen molar-refractivity contribution < 1.29 is 22.0 Å². The van der Waals surface area contributed by atoms with Crippen molar-refractivity contribution in [3.8, 4) is 0 Å². The van der Waals surface area contributed by atoms with Crippen LogP contribution in [0.15, 0.2) is 15.4 Å². The second-order valence-electron chi connectivity index (χ2n) is 4.84. The average Bonchev–Trinajstić information content (AvgIpc) is 2.24. The predicted molar refractivity (Wildman–Crippen MR) is 77.2 cm³/mol. The Labute approximate surface area is 130 Å². The zero-order valence-electron chi connectivity index (χ0n) is 11.4. The van der Waals surface area contributed by atoms with Gasteiger partial charge in [-0.15, -0.1) is 0 Å². The van der Waals surface area contributed by atoms with Crippen LogP contribution in [0.1, 0.15) is 30.6 Å². The Morgan fingerprint density at radius 2 is 2.00 bits per heavy atom. The molecular weight excluding hydrogens is 370 g/mol. The van der Waals surface area contributed by atoms with Crippen LogP contribution in [0.3, 0.4) is 0 Å². The average molecular weight is 385 g/mol. The Balaban J connectivity index is 3.22. The smallest absolute Gasteiger partial charge is 0.257 e. The number of carbonyl (C=O) groups is 1. The highest BCUT2D eigenvalue weighted by molar-refractivity contribution is 9.10. The third-order valence-corrected chi connectivity index (χ3v) is 4.50. The molecule has 0 radical (unpaired) electrons. The number of hydrogen-bond acceptors (Lipinski definition) is 3. The Bertz CT molecular complexity index is 663. The van der Waals surface area contributed by atoms with E-state index in [4.69, 9.17) is 5.14 Å². The standard InChI is InChI=1S/C12H15BrF2N2O3S/c1-6(2)3-4-17-12(18)9-8(14)5-7(13)11(10(9)15)21(16,19)20/h5-6H,3-4H2,1-2H3,(H,17,18)(H2,16,19,20). The molecule has 1 aromatic rings. The number of benzene rings is 1. The van der Waals surface area contributed by atoms with E-state index in [-0.39, 0.29) is 11.0 Å². The van der Waals surface area contributed by atoms with E-state index in [1.807, 2.05) is 13.8 Å². The fourth-order valence-electron chi connectivity index (χ4n) is 1.60. The Hall–Kier alpha value is -1.06. The van der Waals surface area contributed by atoms with Gasteiger partial charge in [0.1, 0.15) is 16.3 Å². The van der Waals surface area contributed by atoms with E-state index in [1.54, 1.807) is 0 Å². The highest BCUT2D eigenvalue weighted by Crippen LogP contribution is 2.28. The quantitative estimate of drug-likeness (QED) is 0.814. The minimum Gasteiger partial charge on any atom is -0.352 e. The van der Waals surface area contributed by atoms with Crippen molar-refractivity contribution in [3.05, 3.63) is 27.7 Å². The van der Waals surface area contributed by atoms with Crippen LogP contribution in [0.25, 0.3) is 0 Å². The van der Waals surface area contributed by atoms with Gasteiger partial charge in [0.25, 0.3) is 5.91 Å². The first-order chi connectivity index (χ1) is 9.55. The van der Waals surface area contributed by atoms with Gasteiger partial charge in [-0.1, -0.05) is 13.8 Å². The summed E-state index contributed by atoms with van der Waals surface area (Å²) in [6.07, 6.45) is 0.619. The molecule has 0 aliphatic carbocycles. The van der Waals surface area contributed by atoms with Gasteiger partial charge in [0.2, 0.25) is 10.0 Å². The molecule has 0 heterocycles. The van der Waals surface area contributed by atoms with E-state index < -0.39 is 38.0 Å². The Morgan fingerprint density at radius 1 is 1.43 bits per heavy atom. The number of halogens is 3. The van der Waals surface area contributed by atoms with E-state index >= 15 is 0 Å². The fourth-order valence-corrected chi connectivity index (χ4v) is 3.34. The molecule has 3 N–H and O–H groups in total. The molecule has 118 valence electrons. The minimum atomic E-state index is -4.44. The van der Waals surface area contributed by atoms with E-state index in [1.165, 1.54) is 0 Å². The summed E-state index contributed by atoms with van der Waals surface area (Å²) in [4.78, 5) is 10.9. The van der Waals surface area contributed by atoms with Crippen LogP contribution >= 0.6 is 15.9 Å². The second kappa shape index (κ2) is 6.80. The fraction of sp³-hybridized carbons (Fsp3) is 0.417. The number of carbonyl (C=O) groups excluding carboxylic acids is 1. The number of nitrogens with one attached hydrogen (secondary N) is 1. The van der Waals surface area contributed by atoms with Crippen molar-refractivity contribution in [2.45, 2.75) is 25.2 Å². The summed E-state index contributed by atoms with van der Waals surface area (Å²) in [5, 5.41) is 7.21. The first-order valence-electron chi connectivity index (χ1n) is 6.04. The van der Waals surface area contributed by atoms with Gasteiger partial charge in [0.15, 0.2) is 5.82 Å². The lowest BCUT2D eigenvalue weighted by molar-refractivity contribution is 0.0943. The largest absolute Gasteiger partial charge is 0.352 e. The number of hydrogen-bond donors (Lipinski definition) is 2. The number of rotatable bonds is 5. The summed E-state index contributed by atoms with van der Waals surface area (Å²) in [6.45, 7) is 4.06. The number of sulfonamides is 1. The van der Waals surface area contributed by atoms with E-state index in [0.717, 1.165) is 0 Å². The van der Waals surface area contributed by atoms with Gasteiger partial charge < -0.3 is 5.32 Å². The summed E-state index contributed by atoms with van der Waals surface area (Å²) in [5.74, 6) is -3.41. The predicted octanol–water partition coefficient (Wildman–Crippen LogP) is 2.15. The molecule has 1 amide bonds. The van der Waals surface area contributed by atoms with Gasteiger partial charge in [0.05, 0.1) is 0 Å². The summed E-state index contributed by atoms with van der Waals surface area (Å²) >= 11 is 2.72. The van der Waals surface area contributed by atoms with Crippen LogP contribution in [-0.4, -0.2) is 20.9 Å². The van der Waals surface area contributed by atoms with Gasteiger partial charge in [-0.05, 0) is 34.3 Å². The van der Waals surface area contributed by atoms with E-state index in [0.29, 0.717) is 18.4 Å². The van der Waals surface area contributed by atoms with Gasteiger partial charge in [-0.3, -0.25) is 4.79 Å². The highest BCUT2D eigenvalue weighted by atomic mass is 79.9. The molecule has 5 nitrogen and oxygen atoms in total. The lowest BCUT2D eigenvalue weighted by Gasteiger charge is -2.11. The monoisotopic (exact) mass is 384 g/mol. The van der Waals surface area contributed by atoms with Gasteiger partial charge in [0, 0.05) is 11.0 Å². The lowest BCUT2D eigenvalue weighted by atomic mass is 10.1. The molecule has 0 bridgehead atoms. The zero-order valence-corrected chi connectivity index (χ0v) is 13.8. The Morgan fingerprint density at radius 3 is 2.48 bits per heavy atom. The SMILES string of the molecule is CC(C)CCNC(=O)c1c(F)cc(Br)c(S(N)(=O)=O)c1F. The molecule has 0 aromatic heterocycles. The molecule has 0 fully saturated rings.